The van der Waals surface area contributed by atoms with Gasteiger partial charge in [0, 0.05) is 12.1 Å². The molecule has 29 heavy (non-hydrogen) atoms. The van der Waals surface area contributed by atoms with Gasteiger partial charge >= 0.3 is 0 Å². The summed E-state index contributed by atoms with van der Waals surface area (Å²) in [5, 5.41) is 0. The highest BCUT2D eigenvalue weighted by Crippen LogP contribution is 2.19. The van der Waals surface area contributed by atoms with E-state index in [-0.39, 0.29) is 17.6 Å². The van der Waals surface area contributed by atoms with Gasteiger partial charge in [0.05, 0.1) is 0 Å². The average Bonchev–Trinajstić information content (AvgIpc) is 3.17. The number of allylic oxidation sites excluding steroid dienone is 2. The number of Topliss-reactive ketones (excluding diaryl/α,β-unsaturated/α-hetero) is 1. The summed E-state index contributed by atoms with van der Waals surface area (Å²) in [5.41, 5.74) is 1.08. The number of oxazole rings is 1. The Hall–Kier alpha value is -1.97. The van der Waals surface area contributed by atoms with Crippen molar-refractivity contribution in [2.75, 3.05) is 0 Å². The van der Waals surface area contributed by atoms with Crippen molar-refractivity contribution in [1.82, 2.24) is 9.97 Å². The van der Waals surface area contributed by atoms with Gasteiger partial charge in [-0.2, -0.15) is 0 Å². The van der Waals surface area contributed by atoms with Gasteiger partial charge in [-0.05, 0) is 44.2 Å². The van der Waals surface area contributed by atoms with E-state index in [1.54, 1.807) is 12.3 Å². The molecule has 0 saturated carbocycles. The van der Waals surface area contributed by atoms with Crippen LogP contribution in [0.15, 0.2) is 34.9 Å². The number of carbonyl (C=O) groups is 1. The van der Waals surface area contributed by atoms with Gasteiger partial charge < -0.3 is 4.42 Å². The monoisotopic (exact) mass is 398 g/mol. The van der Waals surface area contributed by atoms with Gasteiger partial charge in [-0.25, -0.2) is 9.97 Å². The number of carbonyl (C=O) groups excluding carboxylic acids is 1. The number of aromatic nitrogens is 2. The minimum absolute atomic E-state index is 0.0133. The molecule has 2 aromatic heterocycles. The summed E-state index contributed by atoms with van der Waals surface area (Å²) in [4.78, 5) is 20.9. The number of rotatable bonds is 16. The van der Waals surface area contributed by atoms with Crippen molar-refractivity contribution < 1.29 is 9.21 Å². The Kier molecular flexibility index (Phi) is 11.3. The Morgan fingerprint density at radius 3 is 2.34 bits per heavy atom. The van der Waals surface area contributed by atoms with Crippen LogP contribution in [0, 0.1) is 5.92 Å². The van der Waals surface area contributed by atoms with Crippen LogP contribution >= 0.6 is 0 Å². The maximum absolute atomic E-state index is 12.5. The van der Waals surface area contributed by atoms with Crippen LogP contribution in [0.2, 0.25) is 0 Å². The fraction of sp³-hybridized carbons (Fsp3) is 0.640. The lowest BCUT2D eigenvalue weighted by Gasteiger charge is -2.07. The quantitative estimate of drug-likeness (QED) is 0.165. The van der Waals surface area contributed by atoms with E-state index in [0.29, 0.717) is 11.2 Å². The average molecular weight is 399 g/mol. The largest absolute Gasteiger partial charge is 0.415 e. The molecule has 0 radical (unpaired) electrons. The summed E-state index contributed by atoms with van der Waals surface area (Å²) in [6, 6.07) is 3.61. The Labute approximate surface area is 176 Å². The van der Waals surface area contributed by atoms with E-state index >= 15 is 0 Å². The molecule has 0 aliphatic heterocycles. The lowest BCUT2D eigenvalue weighted by molar-refractivity contribution is 0.0889. The number of nitrogens with zero attached hydrogens (tertiary/aromatic N) is 2. The second kappa shape index (κ2) is 14.1. The van der Waals surface area contributed by atoms with Crippen LogP contribution in [0.5, 0.6) is 0 Å². The van der Waals surface area contributed by atoms with Gasteiger partial charge in [-0.1, -0.05) is 77.4 Å². The molecule has 1 atom stereocenters. The molecule has 0 aliphatic rings. The second-order valence-electron chi connectivity index (χ2n) is 8.13. The molecule has 2 heterocycles. The van der Waals surface area contributed by atoms with Crippen molar-refractivity contribution >= 4 is 17.0 Å². The molecular formula is C25H38N2O2. The molecule has 1 unspecified atom stereocenters. The molecule has 0 fully saturated rings. The summed E-state index contributed by atoms with van der Waals surface area (Å²) >= 11 is 0. The molecule has 0 aromatic carbocycles. The minimum Gasteiger partial charge on any atom is -0.415 e. The van der Waals surface area contributed by atoms with Gasteiger partial charge in [-0.15, -0.1) is 0 Å². The normalized spacial score (nSPS) is 12.8. The van der Waals surface area contributed by atoms with Crippen LogP contribution in [0.25, 0.3) is 11.2 Å². The zero-order valence-electron chi connectivity index (χ0n) is 18.4. The van der Waals surface area contributed by atoms with Gasteiger partial charge in [0.2, 0.25) is 11.5 Å². The van der Waals surface area contributed by atoms with Crippen LogP contribution in [-0.2, 0) is 0 Å². The lowest BCUT2D eigenvalue weighted by atomic mass is 9.98. The Bertz CT molecular complexity index is 702. The van der Waals surface area contributed by atoms with Crippen molar-refractivity contribution in [1.29, 1.82) is 0 Å². The van der Waals surface area contributed by atoms with Gasteiger partial charge in [0.15, 0.2) is 0 Å². The minimum atomic E-state index is -0.0553. The molecule has 4 heteroatoms. The molecular weight excluding hydrogens is 360 g/mol. The topological polar surface area (TPSA) is 56.0 Å². The van der Waals surface area contributed by atoms with Crippen molar-refractivity contribution in [3.05, 3.63) is 36.4 Å². The third-order valence-electron chi connectivity index (χ3n) is 5.47. The highest BCUT2D eigenvalue weighted by Gasteiger charge is 2.20. The van der Waals surface area contributed by atoms with E-state index < -0.39 is 0 Å². The SMILES string of the molecule is CCCCCCCC/C=C\CCCCCCC(C)C(=O)c1nc2cccnc2o1. The van der Waals surface area contributed by atoms with E-state index in [2.05, 4.69) is 29.0 Å². The number of hydrogen-bond donors (Lipinski definition) is 0. The van der Waals surface area contributed by atoms with E-state index in [1.807, 2.05) is 13.0 Å². The highest BCUT2D eigenvalue weighted by molar-refractivity contribution is 5.95. The summed E-state index contributed by atoms with van der Waals surface area (Å²) in [7, 11) is 0. The van der Waals surface area contributed by atoms with Crippen LogP contribution in [0.3, 0.4) is 0 Å². The van der Waals surface area contributed by atoms with Crippen LogP contribution in [0.4, 0.5) is 0 Å². The van der Waals surface area contributed by atoms with Gasteiger partial charge in [0.1, 0.15) is 5.52 Å². The Morgan fingerprint density at radius 1 is 1.00 bits per heavy atom. The maximum Gasteiger partial charge on any atom is 0.266 e. The van der Waals surface area contributed by atoms with Gasteiger partial charge in [0.25, 0.3) is 5.89 Å². The summed E-state index contributed by atoms with van der Waals surface area (Å²) in [6.45, 7) is 4.23. The molecule has 0 amide bonds. The molecule has 2 rings (SSSR count). The number of pyridine rings is 1. The summed E-state index contributed by atoms with van der Waals surface area (Å²) < 4.78 is 5.50. The first kappa shape index (κ1) is 23.3. The zero-order valence-corrected chi connectivity index (χ0v) is 18.4. The molecule has 0 N–H and O–H groups in total. The first-order valence-corrected chi connectivity index (χ1v) is 11.6. The lowest BCUT2D eigenvalue weighted by Crippen LogP contribution is -2.11. The molecule has 0 aliphatic carbocycles. The van der Waals surface area contributed by atoms with Crippen LogP contribution in [-0.4, -0.2) is 15.8 Å². The third-order valence-corrected chi connectivity index (χ3v) is 5.47. The van der Waals surface area contributed by atoms with Crippen molar-refractivity contribution in [3.8, 4) is 0 Å². The zero-order chi connectivity index (χ0) is 20.7. The van der Waals surface area contributed by atoms with Crippen molar-refractivity contribution in [3.63, 3.8) is 0 Å². The van der Waals surface area contributed by atoms with Gasteiger partial charge in [-0.3, -0.25) is 4.79 Å². The third kappa shape index (κ3) is 8.93. The Morgan fingerprint density at radius 2 is 1.66 bits per heavy atom. The molecule has 0 spiro atoms. The molecule has 2 aromatic rings. The number of unbranched alkanes of at least 4 members (excludes halogenated alkanes) is 10. The fourth-order valence-electron chi connectivity index (χ4n) is 3.56. The number of ketones is 1. The van der Waals surface area contributed by atoms with Crippen molar-refractivity contribution in [2.45, 2.75) is 97.3 Å². The standard InChI is InChI=1S/C25H38N2O2/c1-3-4-5-6-7-8-9-10-11-12-13-14-15-16-18-21(2)23(28)25-27-22-19-17-20-26-24(22)29-25/h10-11,17,19-21H,3-9,12-16,18H2,1-2H3/b11-10-. The maximum atomic E-state index is 12.5. The molecule has 0 saturated heterocycles. The first-order valence-electron chi connectivity index (χ1n) is 11.6. The predicted octanol–water partition coefficient (Wildman–Crippen LogP) is 7.69. The Balaban J connectivity index is 1.48. The summed E-state index contributed by atoms with van der Waals surface area (Å²) in [6.07, 6.45) is 22.6. The number of fused-ring (bicyclic) bond motifs is 1. The molecule has 4 nitrogen and oxygen atoms in total. The van der Waals surface area contributed by atoms with E-state index in [4.69, 9.17) is 4.42 Å². The summed E-state index contributed by atoms with van der Waals surface area (Å²) in [5.74, 6) is 0.127. The predicted molar refractivity (Wildman–Crippen MR) is 120 cm³/mol. The van der Waals surface area contributed by atoms with E-state index in [9.17, 15) is 4.79 Å². The first-order chi connectivity index (χ1) is 14.2. The van der Waals surface area contributed by atoms with E-state index in [1.165, 1.54) is 70.6 Å². The smallest absolute Gasteiger partial charge is 0.266 e. The van der Waals surface area contributed by atoms with Crippen molar-refractivity contribution in [2.24, 2.45) is 5.92 Å². The molecule has 0 bridgehead atoms. The number of hydrogen-bond acceptors (Lipinski definition) is 4. The fourth-order valence-corrected chi connectivity index (χ4v) is 3.56. The highest BCUT2D eigenvalue weighted by atomic mass is 16.4. The van der Waals surface area contributed by atoms with Crippen LogP contribution in [0.1, 0.15) is 108 Å². The van der Waals surface area contributed by atoms with E-state index in [0.717, 1.165) is 12.8 Å². The van der Waals surface area contributed by atoms with Crippen LogP contribution < -0.4 is 0 Å². The second-order valence-corrected chi connectivity index (χ2v) is 8.13. The molecule has 160 valence electrons.